The van der Waals surface area contributed by atoms with Crippen molar-refractivity contribution in [1.82, 2.24) is 4.90 Å². The predicted molar refractivity (Wildman–Crippen MR) is 114 cm³/mol. The van der Waals surface area contributed by atoms with Gasteiger partial charge in [0.2, 0.25) is 5.91 Å². The standard InChI is InChI=1S/C23H25N3O3/c1-14(2)13-26-22(28)20(17-7-5-15(3)6-8-17)21(23(26)29)25-19-11-9-18(10-12-19)24-16(4)27/h5-12,14,25H,13H2,1-4H3,(H,24,27). The molecule has 29 heavy (non-hydrogen) atoms. The molecular weight excluding hydrogens is 366 g/mol. The van der Waals surface area contributed by atoms with Gasteiger partial charge in [0.05, 0.1) is 5.57 Å². The molecule has 150 valence electrons. The van der Waals surface area contributed by atoms with Gasteiger partial charge in [-0.1, -0.05) is 43.7 Å². The van der Waals surface area contributed by atoms with Crippen LogP contribution in [0.15, 0.2) is 54.2 Å². The molecule has 6 heteroatoms. The number of hydrogen-bond acceptors (Lipinski definition) is 4. The van der Waals surface area contributed by atoms with E-state index in [4.69, 9.17) is 0 Å². The second kappa shape index (κ2) is 8.31. The molecule has 1 heterocycles. The van der Waals surface area contributed by atoms with Crippen molar-refractivity contribution in [2.45, 2.75) is 27.7 Å². The Labute approximate surface area is 170 Å². The summed E-state index contributed by atoms with van der Waals surface area (Å²) >= 11 is 0. The second-order valence-electron chi connectivity index (χ2n) is 7.61. The van der Waals surface area contributed by atoms with E-state index >= 15 is 0 Å². The van der Waals surface area contributed by atoms with Crippen LogP contribution >= 0.6 is 0 Å². The van der Waals surface area contributed by atoms with Gasteiger partial charge in [0.25, 0.3) is 11.8 Å². The lowest BCUT2D eigenvalue weighted by Gasteiger charge is -2.17. The zero-order chi connectivity index (χ0) is 21.1. The molecule has 0 atom stereocenters. The maximum absolute atomic E-state index is 13.1. The van der Waals surface area contributed by atoms with Crippen molar-refractivity contribution in [3.8, 4) is 0 Å². The number of nitrogens with zero attached hydrogens (tertiary/aromatic N) is 1. The number of imide groups is 1. The fourth-order valence-electron chi connectivity index (χ4n) is 3.20. The first-order valence-electron chi connectivity index (χ1n) is 9.58. The van der Waals surface area contributed by atoms with Crippen LogP contribution in [0.25, 0.3) is 5.57 Å². The molecular formula is C23H25N3O3. The highest BCUT2D eigenvalue weighted by atomic mass is 16.2. The first-order chi connectivity index (χ1) is 13.8. The van der Waals surface area contributed by atoms with E-state index in [9.17, 15) is 14.4 Å². The number of benzene rings is 2. The number of rotatable bonds is 6. The van der Waals surface area contributed by atoms with E-state index in [0.29, 0.717) is 29.1 Å². The summed E-state index contributed by atoms with van der Waals surface area (Å²) in [6, 6.07) is 14.6. The molecule has 0 unspecified atom stereocenters. The van der Waals surface area contributed by atoms with E-state index in [1.54, 1.807) is 24.3 Å². The third-order valence-electron chi connectivity index (χ3n) is 4.53. The van der Waals surface area contributed by atoms with E-state index < -0.39 is 0 Å². The Morgan fingerprint density at radius 1 is 0.931 bits per heavy atom. The van der Waals surface area contributed by atoms with Gasteiger partial charge in [-0.25, -0.2) is 0 Å². The molecule has 3 rings (SSSR count). The lowest BCUT2D eigenvalue weighted by atomic mass is 10.0. The summed E-state index contributed by atoms with van der Waals surface area (Å²) in [7, 11) is 0. The highest BCUT2D eigenvalue weighted by molar-refractivity contribution is 6.36. The Morgan fingerprint density at radius 2 is 1.52 bits per heavy atom. The molecule has 0 saturated heterocycles. The number of amides is 3. The molecule has 0 spiro atoms. The molecule has 1 aliphatic rings. The molecule has 0 bridgehead atoms. The Bertz CT molecular complexity index is 973. The quantitative estimate of drug-likeness (QED) is 0.734. The van der Waals surface area contributed by atoms with Crippen molar-refractivity contribution in [2.24, 2.45) is 5.92 Å². The number of aryl methyl sites for hydroxylation is 1. The van der Waals surface area contributed by atoms with Gasteiger partial charge in [0.1, 0.15) is 5.70 Å². The Morgan fingerprint density at radius 3 is 2.07 bits per heavy atom. The summed E-state index contributed by atoms with van der Waals surface area (Å²) in [6.07, 6.45) is 0. The minimum Gasteiger partial charge on any atom is -0.350 e. The van der Waals surface area contributed by atoms with Crippen molar-refractivity contribution in [3.63, 3.8) is 0 Å². The van der Waals surface area contributed by atoms with E-state index in [-0.39, 0.29) is 29.3 Å². The summed E-state index contributed by atoms with van der Waals surface area (Å²) in [4.78, 5) is 38.6. The topological polar surface area (TPSA) is 78.5 Å². The number of hydrogen-bond donors (Lipinski definition) is 2. The number of anilines is 2. The predicted octanol–water partition coefficient (Wildman–Crippen LogP) is 3.80. The minimum absolute atomic E-state index is 0.157. The lowest BCUT2D eigenvalue weighted by molar-refractivity contribution is -0.137. The van der Waals surface area contributed by atoms with Gasteiger partial charge < -0.3 is 10.6 Å². The molecule has 0 aliphatic carbocycles. The van der Waals surface area contributed by atoms with Crippen LogP contribution in [0, 0.1) is 12.8 Å². The summed E-state index contributed by atoms with van der Waals surface area (Å²) < 4.78 is 0. The maximum atomic E-state index is 13.1. The maximum Gasteiger partial charge on any atom is 0.278 e. The highest BCUT2D eigenvalue weighted by Gasteiger charge is 2.39. The normalized spacial score (nSPS) is 14.0. The summed E-state index contributed by atoms with van der Waals surface area (Å²) in [5, 5.41) is 5.82. The second-order valence-corrected chi connectivity index (χ2v) is 7.61. The van der Waals surface area contributed by atoms with E-state index in [1.165, 1.54) is 11.8 Å². The molecule has 0 saturated carbocycles. The minimum atomic E-state index is -0.329. The largest absolute Gasteiger partial charge is 0.350 e. The van der Waals surface area contributed by atoms with E-state index in [0.717, 1.165) is 5.56 Å². The monoisotopic (exact) mass is 391 g/mol. The van der Waals surface area contributed by atoms with Gasteiger partial charge in [-0.2, -0.15) is 0 Å². The van der Waals surface area contributed by atoms with Crippen LogP contribution in [0.2, 0.25) is 0 Å². The number of carbonyl (C=O) groups excluding carboxylic acids is 3. The van der Waals surface area contributed by atoms with Gasteiger partial charge in [-0.3, -0.25) is 19.3 Å². The molecule has 2 aromatic carbocycles. The van der Waals surface area contributed by atoms with Crippen LogP contribution in [0.3, 0.4) is 0 Å². The van der Waals surface area contributed by atoms with Crippen molar-refractivity contribution in [2.75, 3.05) is 17.2 Å². The Hall–Kier alpha value is -3.41. The first kappa shape index (κ1) is 20.3. The van der Waals surface area contributed by atoms with Crippen LogP contribution < -0.4 is 10.6 Å². The first-order valence-corrected chi connectivity index (χ1v) is 9.58. The van der Waals surface area contributed by atoms with Crippen molar-refractivity contribution in [1.29, 1.82) is 0 Å². The zero-order valence-electron chi connectivity index (χ0n) is 17.1. The zero-order valence-corrected chi connectivity index (χ0v) is 17.1. The smallest absolute Gasteiger partial charge is 0.278 e. The molecule has 2 aromatic rings. The average Bonchev–Trinajstić information content (AvgIpc) is 2.88. The van der Waals surface area contributed by atoms with E-state index in [2.05, 4.69) is 10.6 Å². The third-order valence-corrected chi connectivity index (χ3v) is 4.53. The average molecular weight is 391 g/mol. The van der Waals surface area contributed by atoms with Crippen molar-refractivity contribution >= 4 is 34.7 Å². The van der Waals surface area contributed by atoms with Gasteiger partial charge in [0, 0.05) is 24.8 Å². The third kappa shape index (κ3) is 4.54. The van der Waals surface area contributed by atoms with Crippen molar-refractivity contribution < 1.29 is 14.4 Å². The SMILES string of the molecule is CC(=O)Nc1ccc(NC2=C(c3ccc(C)cc3)C(=O)N(CC(C)C)C2=O)cc1. The van der Waals surface area contributed by atoms with Crippen LogP contribution in [0.4, 0.5) is 11.4 Å². The molecule has 2 N–H and O–H groups in total. The molecule has 1 aliphatic heterocycles. The van der Waals surface area contributed by atoms with Gasteiger partial charge >= 0.3 is 0 Å². The van der Waals surface area contributed by atoms with Crippen LogP contribution in [0.1, 0.15) is 31.9 Å². The molecule has 3 amide bonds. The number of carbonyl (C=O) groups is 3. The Balaban J connectivity index is 1.97. The summed E-state index contributed by atoms with van der Waals surface area (Å²) in [6.45, 7) is 7.72. The van der Waals surface area contributed by atoms with Gasteiger partial charge in [-0.15, -0.1) is 0 Å². The van der Waals surface area contributed by atoms with Crippen LogP contribution in [-0.4, -0.2) is 29.2 Å². The van der Waals surface area contributed by atoms with Gasteiger partial charge in [-0.05, 0) is 42.7 Å². The molecule has 0 aromatic heterocycles. The molecule has 0 radical (unpaired) electrons. The summed E-state index contributed by atoms with van der Waals surface area (Å²) in [5.41, 5.74) is 3.75. The molecule has 0 fully saturated rings. The van der Waals surface area contributed by atoms with Gasteiger partial charge in [0.15, 0.2) is 0 Å². The van der Waals surface area contributed by atoms with Crippen LogP contribution in [0.5, 0.6) is 0 Å². The number of nitrogens with one attached hydrogen (secondary N) is 2. The highest BCUT2D eigenvalue weighted by Crippen LogP contribution is 2.31. The van der Waals surface area contributed by atoms with E-state index in [1.807, 2.05) is 45.0 Å². The fourth-order valence-corrected chi connectivity index (χ4v) is 3.20. The van der Waals surface area contributed by atoms with Crippen LogP contribution in [-0.2, 0) is 14.4 Å². The Kier molecular flexibility index (Phi) is 5.82. The van der Waals surface area contributed by atoms with Crippen molar-refractivity contribution in [3.05, 3.63) is 65.4 Å². The lowest BCUT2D eigenvalue weighted by Crippen LogP contribution is -2.35. The summed E-state index contributed by atoms with van der Waals surface area (Å²) in [5.74, 6) is -0.607. The molecule has 6 nitrogen and oxygen atoms in total. The fraction of sp³-hybridized carbons (Fsp3) is 0.261.